The fourth-order valence-corrected chi connectivity index (χ4v) is 2.76. The van der Waals surface area contributed by atoms with Crippen molar-refractivity contribution < 1.29 is 4.74 Å². The molecule has 0 radical (unpaired) electrons. The molecule has 3 heteroatoms. The average Bonchev–Trinajstić information content (AvgIpc) is 2.77. The molecule has 1 fully saturated rings. The van der Waals surface area contributed by atoms with Crippen molar-refractivity contribution in [3.63, 3.8) is 0 Å². The van der Waals surface area contributed by atoms with Crippen LogP contribution in [0.15, 0.2) is 18.2 Å². The zero-order valence-corrected chi connectivity index (χ0v) is 11.6. The van der Waals surface area contributed by atoms with E-state index in [-0.39, 0.29) is 12.1 Å². The Kier molecular flexibility index (Phi) is 4.38. The molecule has 1 aromatic rings. The molecular weight excluding hydrogens is 224 g/mol. The largest absolute Gasteiger partial charge is 0.376 e. The predicted molar refractivity (Wildman–Crippen MR) is 74.3 cm³/mol. The molecule has 2 rings (SSSR count). The first-order valence-electron chi connectivity index (χ1n) is 6.75. The second kappa shape index (κ2) is 5.83. The van der Waals surface area contributed by atoms with Gasteiger partial charge in [-0.15, -0.1) is 0 Å². The van der Waals surface area contributed by atoms with Crippen molar-refractivity contribution in [1.82, 2.24) is 5.43 Å². The molecule has 3 atom stereocenters. The number of aryl methyl sites for hydroxylation is 2. The maximum Gasteiger partial charge on any atom is 0.0771 e. The number of ether oxygens (including phenoxy) is 1. The average molecular weight is 248 g/mol. The highest BCUT2D eigenvalue weighted by atomic mass is 16.5. The third-order valence-electron chi connectivity index (χ3n) is 4.00. The molecule has 3 unspecified atom stereocenters. The number of benzene rings is 1. The van der Waals surface area contributed by atoms with Gasteiger partial charge in [0.25, 0.3) is 0 Å². The molecule has 0 amide bonds. The summed E-state index contributed by atoms with van der Waals surface area (Å²) in [6.07, 6.45) is 2.30. The van der Waals surface area contributed by atoms with E-state index in [0.717, 1.165) is 19.4 Å². The van der Waals surface area contributed by atoms with E-state index in [1.807, 2.05) is 0 Å². The minimum absolute atomic E-state index is 0.197. The molecule has 0 aromatic heterocycles. The van der Waals surface area contributed by atoms with Crippen molar-refractivity contribution in [1.29, 1.82) is 0 Å². The van der Waals surface area contributed by atoms with Crippen LogP contribution >= 0.6 is 0 Å². The SMILES string of the molecule is Cc1ccc(C)c(CC(NN)C2OCCC2C)c1. The van der Waals surface area contributed by atoms with E-state index in [2.05, 4.69) is 44.4 Å². The fraction of sp³-hybridized carbons (Fsp3) is 0.600. The van der Waals surface area contributed by atoms with Gasteiger partial charge in [-0.3, -0.25) is 11.3 Å². The lowest BCUT2D eigenvalue weighted by molar-refractivity contribution is 0.0610. The number of hydrogen-bond donors (Lipinski definition) is 2. The van der Waals surface area contributed by atoms with Gasteiger partial charge in [0, 0.05) is 6.61 Å². The number of hydrogen-bond acceptors (Lipinski definition) is 3. The zero-order valence-electron chi connectivity index (χ0n) is 11.6. The normalized spacial score (nSPS) is 25.3. The molecular formula is C15H24N2O. The van der Waals surface area contributed by atoms with E-state index in [1.165, 1.54) is 16.7 Å². The van der Waals surface area contributed by atoms with Gasteiger partial charge in [0.1, 0.15) is 0 Å². The summed E-state index contributed by atoms with van der Waals surface area (Å²) >= 11 is 0. The van der Waals surface area contributed by atoms with Crippen LogP contribution in [0.25, 0.3) is 0 Å². The summed E-state index contributed by atoms with van der Waals surface area (Å²) in [5.74, 6) is 6.30. The molecule has 0 aliphatic carbocycles. The lowest BCUT2D eigenvalue weighted by Gasteiger charge is -2.26. The van der Waals surface area contributed by atoms with Gasteiger partial charge in [-0.2, -0.15) is 0 Å². The summed E-state index contributed by atoms with van der Waals surface area (Å²) in [7, 11) is 0. The van der Waals surface area contributed by atoms with E-state index in [4.69, 9.17) is 10.6 Å². The van der Waals surface area contributed by atoms with Crippen LogP contribution in [-0.2, 0) is 11.2 Å². The minimum Gasteiger partial charge on any atom is -0.376 e. The molecule has 3 nitrogen and oxygen atoms in total. The van der Waals surface area contributed by atoms with Gasteiger partial charge in [-0.05, 0) is 43.7 Å². The Morgan fingerprint density at radius 2 is 2.22 bits per heavy atom. The van der Waals surface area contributed by atoms with Gasteiger partial charge in [0.15, 0.2) is 0 Å². The number of rotatable bonds is 4. The van der Waals surface area contributed by atoms with Gasteiger partial charge in [-0.1, -0.05) is 30.7 Å². The van der Waals surface area contributed by atoms with Crippen LogP contribution in [0, 0.1) is 19.8 Å². The molecule has 0 spiro atoms. The maximum atomic E-state index is 5.82. The van der Waals surface area contributed by atoms with Crippen molar-refractivity contribution in [3.8, 4) is 0 Å². The van der Waals surface area contributed by atoms with Crippen LogP contribution in [0.3, 0.4) is 0 Å². The van der Waals surface area contributed by atoms with Crippen LogP contribution in [0.4, 0.5) is 0 Å². The highest BCUT2D eigenvalue weighted by molar-refractivity contribution is 5.31. The Hall–Kier alpha value is -0.900. The molecule has 1 saturated heterocycles. The second-order valence-corrected chi connectivity index (χ2v) is 5.51. The summed E-state index contributed by atoms with van der Waals surface area (Å²) in [5.41, 5.74) is 6.93. The Morgan fingerprint density at radius 3 is 2.83 bits per heavy atom. The van der Waals surface area contributed by atoms with E-state index >= 15 is 0 Å². The highest BCUT2D eigenvalue weighted by Crippen LogP contribution is 2.25. The molecule has 0 bridgehead atoms. The summed E-state index contributed by atoms with van der Waals surface area (Å²) in [6.45, 7) is 7.38. The first-order chi connectivity index (χ1) is 8.61. The van der Waals surface area contributed by atoms with Crippen LogP contribution in [-0.4, -0.2) is 18.8 Å². The number of nitrogens with one attached hydrogen (secondary N) is 1. The smallest absolute Gasteiger partial charge is 0.0771 e. The minimum atomic E-state index is 0.197. The van der Waals surface area contributed by atoms with E-state index in [0.29, 0.717) is 5.92 Å². The Bertz CT molecular complexity index is 405. The van der Waals surface area contributed by atoms with E-state index in [1.54, 1.807) is 0 Å². The summed E-state index contributed by atoms with van der Waals surface area (Å²) in [6, 6.07) is 6.78. The lowest BCUT2D eigenvalue weighted by atomic mass is 9.91. The third-order valence-corrected chi connectivity index (χ3v) is 4.00. The molecule has 1 heterocycles. The molecule has 1 aliphatic rings. The Labute approximate surface area is 110 Å². The topological polar surface area (TPSA) is 47.3 Å². The monoisotopic (exact) mass is 248 g/mol. The van der Waals surface area contributed by atoms with Crippen LogP contribution < -0.4 is 11.3 Å². The summed E-state index contributed by atoms with van der Waals surface area (Å²) in [5, 5.41) is 0. The van der Waals surface area contributed by atoms with Crippen molar-refractivity contribution >= 4 is 0 Å². The molecule has 0 saturated carbocycles. The van der Waals surface area contributed by atoms with Crippen LogP contribution in [0.1, 0.15) is 30.0 Å². The van der Waals surface area contributed by atoms with Crippen molar-refractivity contribution in [2.45, 2.75) is 45.8 Å². The van der Waals surface area contributed by atoms with Gasteiger partial charge in [0.2, 0.25) is 0 Å². The van der Waals surface area contributed by atoms with Crippen LogP contribution in [0.2, 0.25) is 0 Å². The Morgan fingerprint density at radius 1 is 1.44 bits per heavy atom. The zero-order chi connectivity index (χ0) is 13.1. The van der Waals surface area contributed by atoms with Crippen molar-refractivity contribution in [2.24, 2.45) is 11.8 Å². The number of hydrazine groups is 1. The molecule has 1 aromatic carbocycles. The maximum absolute atomic E-state index is 5.82. The van der Waals surface area contributed by atoms with Gasteiger partial charge in [-0.25, -0.2) is 0 Å². The van der Waals surface area contributed by atoms with E-state index in [9.17, 15) is 0 Å². The van der Waals surface area contributed by atoms with E-state index < -0.39 is 0 Å². The first kappa shape index (κ1) is 13.5. The fourth-order valence-electron chi connectivity index (χ4n) is 2.76. The quantitative estimate of drug-likeness (QED) is 0.633. The van der Waals surface area contributed by atoms with Crippen molar-refractivity contribution in [3.05, 3.63) is 34.9 Å². The van der Waals surface area contributed by atoms with Gasteiger partial charge >= 0.3 is 0 Å². The first-order valence-corrected chi connectivity index (χ1v) is 6.75. The van der Waals surface area contributed by atoms with Gasteiger partial charge in [0.05, 0.1) is 12.1 Å². The Balaban J connectivity index is 2.12. The second-order valence-electron chi connectivity index (χ2n) is 5.51. The third kappa shape index (κ3) is 2.91. The molecule has 100 valence electrons. The highest BCUT2D eigenvalue weighted by Gasteiger charge is 2.31. The lowest BCUT2D eigenvalue weighted by Crippen LogP contribution is -2.47. The predicted octanol–water partition coefficient (Wildman–Crippen LogP) is 2.10. The van der Waals surface area contributed by atoms with Crippen LogP contribution in [0.5, 0.6) is 0 Å². The summed E-state index contributed by atoms with van der Waals surface area (Å²) < 4.78 is 5.82. The van der Waals surface area contributed by atoms with Gasteiger partial charge < -0.3 is 4.74 Å². The molecule has 3 N–H and O–H groups in total. The molecule has 1 aliphatic heterocycles. The van der Waals surface area contributed by atoms with Crippen molar-refractivity contribution in [2.75, 3.05) is 6.61 Å². The molecule has 18 heavy (non-hydrogen) atoms. The number of nitrogens with two attached hydrogens (primary N) is 1. The standard InChI is InChI=1S/C15H24N2O/c1-10-4-5-11(2)13(8-10)9-14(17-16)15-12(3)6-7-18-15/h4-5,8,12,14-15,17H,6-7,9,16H2,1-3H3. The summed E-state index contributed by atoms with van der Waals surface area (Å²) in [4.78, 5) is 0.